The smallest absolute Gasteiger partial charge is 0.379 e. The molecule has 254 valence electrons. The number of nitrogen functional groups attached to an aromatic ring is 1. The van der Waals surface area contributed by atoms with Crippen LogP contribution in [0.5, 0.6) is 0 Å². The van der Waals surface area contributed by atoms with Gasteiger partial charge >= 0.3 is 13.8 Å². The van der Waals surface area contributed by atoms with Crippen molar-refractivity contribution in [3.05, 3.63) is 10.9 Å². The summed E-state index contributed by atoms with van der Waals surface area (Å²) in [4.78, 5) is 22.3. The van der Waals surface area contributed by atoms with Crippen molar-refractivity contribution >= 4 is 40.6 Å². The van der Waals surface area contributed by atoms with Crippen LogP contribution in [-0.2, 0) is 18.6 Å². The maximum absolute atomic E-state index is 12.2. The Kier molecular flexibility index (Phi) is 18.9. The molecule has 2 aromatic rings. The van der Waals surface area contributed by atoms with Crippen molar-refractivity contribution in [2.24, 2.45) is 5.73 Å². The van der Waals surface area contributed by atoms with Gasteiger partial charge in [0.15, 0.2) is 5.65 Å². The van der Waals surface area contributed by atoms with E-state index in [2.05, 4.69) is 30.9 Å². The fourth-order valence-corrected chi connectivity index (χ4v) is 5.95. The van der Waals surface area contributed by atoms with Gasteiger partial charge in [0.05, 0.1) is 26.1 Å². The Morgan fingerprint density at radius 1 is 0.864 bits per heavy atom. The molecule has 0 radical (unpaired) electrons. The molecule has 0 spiro atoms. The summed E-state index contributed by atoms with van der Waals surface area (Å²) in [5.74, 6) is 0.0559. The number of halogens is 4. The van der Waals surface area contributed by atoms with Gasteiger partial charge in [0.2, 0.25) is 5.95 Å². The second-order valence-corrected chi connectivity index (χ2v) is 13.6. The zero-order valence-electron chi connectivity index (χ0n) is 25.5. The fourth-order valence-electron chi connectivity index (χ4n) is 4.72. The summed E-state index contributed by atoms with van der Waals surface area (Å²) in [6.07, 6.45) is 11.3. The number of hydrogen-bond acceptors (Lipinski definition) is 9. The highest BCUT2D eigenvalue weighted by molar-refractivity contribution is 9.10. The Morgan fingerprint density at radius 3 is 1.98 bits per heavy atom. The number of nitrogens with zero attached hydrogens (tertiary/aromatic N) is 4. The van der Waals surface area contributed by atoms with Gasteiger partial charge in [-0.3, -0.25) is 9.13 Å². The minimum Gasteiger partial charge on any atom is -0.379 e. The molecule has 16 heteroatoms. The summed E-state index contributed by atoms with van der Waals surface area (Å²) in [5.41, 5.74) is 12.7. The van der Waals surface area contributed by atoms with Crippen LogP contribution >= 0.6 is 23.5 Å². The fraction of sp³-hybridized carbons (Fsp3) is 0.821. The van der Waals surface area contributed by atoms with Crippen LogP contribution in [0, 0.1) is 0 Å². The molecule has 2 unspecified atom stereocenters. The zero-order chi connectivity index (χ0) is 32.3. The Bertz CT molecular complexity index is 1110. The highest BCUT2D eigenvalue weighted by atomic mass is 79.9. The average molecular weight is 718 g/mol. The molecule has 0 saturated carbocycles. The standard InChI is InChI=1S/C28H49BrF3N6O5P/c29-25-24-26(37-27(34)36-25)38(21-35-24)23(33)20-42-22-44(39,40)43-19-18-41-17-15-13-11-9-7-5-3-1-2-4-6-8-10-12-14-16-28(30,31)32/h21,23H,1-20,22,33H2,(H,39,40)(H2,34,36,37). The van der Waals surface area contributed by atoms with E-state index < -0.39 is 32.7 Å². The quantitative estimate of drug-likeness (QED) is 0.0502. The normalized spacial score (nSPS) is 14.3. The minimum atomic E-state index is -4.01. The molecular formula is C28H49BrF3N6O5P. The monoisotopic (exact) mass is 716 g/mol. The summed E-state index contributed by atoms with van der Waals surface area (Å²) >= 11 is 3.27. The van der Waals surface area contributed by atoms with Crippen molar-refractivity contribution in [1.29, 1.82) is 0 Å². The number of alkyl halides is 3. The lowest BCUT2D eigenvalue weighted by atomic mass is 10.0. The molecule has 0 saturated heterocycles. The van der Waals surface area contributed by atoms with Crippen molar-refractivity contribution in [2.45, 2.75) is 115 Å². The van der Waals surface area contributed by atoms with E-state index in [4.69, 9.17) is 25.5 Å². The van der Waals surface area contributed by atoms with Gasteiger partial charge in [-0.2, -0.15) is 18.2 Å². The van der Waals surface area contributed by atoms with Crippen molar-refractivity contribution in [2.75, 3.05) is 38.5 Å². The predicted molar refractivity (Wildman–Crippen MR) is 168 cm³/mol. The molecule has 0 aliphatic carbocycles. The van der Waals surface area contributed by atoms with Gasteiger partial charge in [0.25, 0.3) is 0 Å². The Labute approximate surface area is 266 Å². The number of fused-ring (bicyclic) bond motifs is 1. The highest BCUT2D eigenvalue weighted by Crippen LogP contribution is 2.41. The molecular weight excluding hydrogens is 668 g/mol. The number of hydrogen-bond donors (Lipinski definition) is 3. The molecule has 11 nitrogen and oxygen atoms in total. The van der Waals surface area contributed by atoms with Gasteiger partial charge < -0.3 is 30.4 Å². The highest BCUT2D eigenvalue weighted by Gasteiger charge is 2.25. The molecule has 0 aliphatic heterocycles. The van der Waals surface area contributed by atoms with Gasteiger partial charge in [-0.15, -0.1) is 0 Å². The van der Waals surface area contributed by atoms with Crippen LogP contribution in [0.25, 0.3) is 11.2 Å². The number of anilines is 1. The third kappa shape index (κ3) is 17.4. The van der Waals surface area contributed by atoms with Crippen LogP contribution in [-0.4, -0.2) is 63.4 Å². The summed E-state index contributed by atoms with van der Waals surface area (Å²) in [5, 5.41) is 0. The lowest BCUT2D eigenvalue weighted by Gasteiger charge is -2.16. The van der Waals surface area contributed by atoms with Crippen LogP contribution in [0.2, 0.25) is 0 Å². The van der Waals surface area contributed by atoms with Gasteiger partial charge in [-0.25, -0.2) is 9.97 Å². The first-order valence-electron chi connectivity index (χ1n) is 15.6. The van der Waals surface area contributed by atoms with Crippen LogP contribution in [0.4, 0.5) is 19.1 Å². The third-order valence-corrected chi connectivity index (χ3v) is 8.71. The van der Waals surface area contributed by atoms with Gasteiger partial charge in [-0.1, -0.05) is 83.5 Å². The second kappa shape index (κ2) is 21.4. The molecule has 44 heavy (non-hydrogen) atoms. The van der Waals surface area contributed by atoms with Crippen LogP contribution in [0.1, 0.15) is 109 Å². The van der Waals surface area contributed by atoms with E-state index >= 15 is 0 Å². The summed E-state index contributed by atoms with van der Waals surface area (Å²) in [7, 11) is -3.95. The van der Waals surface area contributed by atoms with Gasteiger partial charge in [0.1, 0.15) is 22.6 Å². The van der Waals surface area contributed by atoms with E-state index in [-0.39, 0.29) is 32.2 Å². The molecule has 2 rings (SSSR count). The van der Waals surface area contributed by atoms with Crippen molar-refractivity contribution in [3.8, 4) is 0 Å². The molecule has 0 aromatic carbocycles. The molecule has 2 heterocycles. The summed E-state index contributed by atoms with van der Waals surface area (Å²) in [6, 6.07) is 0. The molecule has 2 aromatic heterocycles. The Hall–Kier alpha value is -1.35. The van der Waals surface area contributed by atoms with Gasteiger partial charge in [0, 0.05) is 13.0 Å². The van der Waals surface area contributed by atoms with Crippen molar-refractivity contribution in [1.82, 2.24) is 19.5 Å². The number of imidazole rings is 1. The van der Waals surface area contributed by atoms with Crippen LogP contribution in [0.15, 0.2) is 10.9 Å². The average Bonchev–Trinajstić information content (AvgIpc) is 3.37. The maximum Gasteiger partial charge on any atom is 0.389 e. The summed E-state index contributed by atoms with van der Waals surface area (Å²) in [6.45, 7) is 0.718. The van der Waals surface area contributed by atoms with E-state index in [0.29, 0.717) is 28.8 Å². The first kappa shape index (κ1) is 38.8. The molecule has 5 N–H and O–H groups in total. The van der Waals surface area contributed by atoms with Crippen LogP contribution in [0.3, 0.4) is 0 Å². The van der Waals surface area contributed by atoms with E-state index in [0.717, 1.165) is 38.5 Å². The van der Waals surface area contributed by atoms with E-state index in [1.54, 1.807) is 4.57 Å². The van der Waals surface area contributed by atoms with Crippen LogP contribution < -0.4 is 11.5 Å². The van der Waals surface area contributed by atoms with Crippen molar-refractivity contribution in [3.63, 3.8) is 0 Å². The number of ether oxygens (including phenoxy) is 2. The number of rotatable bonds is 26. The van der Waals surface area contributed by atoms with E-state index in [1.807, 2.05) is 0 Å². The number of unbranched alkanes of at least 4 members (excludes halogenated alkanes) is 14. The molecule has 0 bridgehead atoms. The second-order valence-electron chi connectivity index (χ2n) is 11.0. The van der Waals surface area contributed by atoms with E-state index in [9.17, 15) is 22.6 Å². The first-order chi connectivity index (χ1) is 21.0. The first-order valence-corrected chi connectivity index (χ1v) is 18.1. The zero-order valence-corrected chi connectivity index (χ0v) is 28.0. The topological polar surface area (TPSA) is 161 Å². The van der Waals surface area contributed by atoms with Crippen molar-refractivity contribution < 1.29 is 36.6 Å². The molecule has 0 fully saturated rings. The largest absolute Gasteiger partial charge is 0.389 e. The van der Waals surface area contributed by atoms with Gasteiger partial charge in [-0.05, 0) is 28.8 Å². The molecule has 0 amide bonds. The number of aromatic nitrogens is 4. The predicted octanol–water partition coefficient (Wildman–Crippen LogP) is 7.62. The minimum absolute atomic E-state index is 0.0124. The number of nitrogens with two attached hydrogens (primary N) is 2. The molecule has 0 aliphatic rings. The third-order valence-electron chi connectivity index (χ3n) is 7.07. The lowest BCUT2D eigenvalue weighted by molar-refractivity contribution is -0.135. The Balaban J connectivity index is 1.35. The van der Waals surface area contributed by atoms with E-state index in [1.165, 1.54) is 51.3 Å². The molecule has 2 atom stereocenters. The SMILES string of the molecule is Nc1nc(Br)c2ncn(C(N)COCP(=O)(O)OCCOCCCCCCCCCCCCCCCCCC(F)(F)F)c2n1. The Morgan fingerprint density at radius 2 is 1.41 bits per heavy atom. The maximum atomic E-state index is 12.2. The summed E-state index contributed by atoms with van der Waals surface area (Å²) < 4.78 is 66.4. The lowest BCUT2D eigenvalue weighted by Crippen LogP contribution is -2.24.